The van der Waals surface area contributed by atoms with E-state index in [0.717, 1.165) is 50.4 Å². The van der Waals surface area contributed by atoms with Crippen molar-refractivity contribution in [3.63, 3.8) is 0 Å². The highest BCUT2D eigenvalue weighted by Crippen LogP contribution is 2.11. The third kappa shape index (κ3) is 5.69. The summed E-state index contributed by atoms with van der Waals surface area (Å²) in [7, 11) is 4.42. The lowest BCUT2D eigenvalue weighted by Gasteiger charge is -2.32. The molecule has 30 heavy (non-hydrogen) atoms. The largest absolute Gasteiger partial charge is 0.304 e. The number of likely N-dealkylation sites (N-methyl/N-ethyl adjacent to an activating group) is 2. The van der Waals surface area contributed by atoms with Crippen molar-refractivity contribution in [2.45, 2.75) is 25.7 Å². The van der Waals surface area contributed by atoms with Crippen LogP contribution in [0, 0.1) is 0 Å². The lowest BCUT2D eigenvalue weighted by atomic mass is 10.2. The molecule has 2 aromatic rings. The van der Waals surface area contributed by atoms with Crippen LogP contribution in [0.25, 0.3) is 0 Å². The van der Waals surface area contributed by atoms with E-state index < -0.39 is 0 Å². The first-order valence-electron chi connectivity index (χ1n) is 11.6. The molecule has 0 atom stereocenters. The van der Waals surface area contributed by atoms with E-state index >= 15 is 0 Å². The standard InChI is InChI=1S/C22H38N8/c1-25-13-17-27(18-14-25)9-5-7-21-23-24-22(30(21)29-11-3-4-12-29)8-6-10-28-19-15-26(2)16-20-28/h3-4,11-12H,5-10,13-20H2,1-2H3. The van der Waals surface area contributed by atoms with Gasteiger partial charge in [0, 0.05) is 77.6 Å². The van der Waals surface area contributed by atoms with Gasteiger partial charge in [0.2, 0.25) is 0 Å². The first-order valence-corrected chi connectivity index (χ1v) is 11.6. The molecule has 0 spiro atoms. The molecule has 0 aromatic carbocycles. The zero-order valence-corrected chi connectivity index (χ0v) is 18.8. The van der Waals surface area contributed by atoms with E-state index in [2.05, 4.69) is 77.8 Å². The predicted octanol–water partition coefficient (Wildman–Crippen LogP) is 0.751. The lowest BCUT2D eigenvalue weighted by Crippen LogP contribution is -2.44. The summed E-state index contributed by atoms with van der Waals surface area (Å²) in [4.78, 5) is 9.97. The summed E-state index contributed by atoms with van der Waals surface area (Å²) in [5, 5.41) is 9.17. The fraction of sp³-hybridized carbons (Fsp3) is 0.727. The monoisotopic (exact) mass is 414 g/mol. The van der Waals surface area contributed by atoms with E-state index in [9.17, 15) is 0 Å². The molecule has 8 nitrogen and oxygen atoms in total. The summed E-state index contributed by atoms with van der Waals surface area (Å²) in [5.74, 6) is 2.16. The Labute approximate surface area is 181 Å². The van der Waals surface area contributed by atoms with Crippen LogP contribution in [-0.4, -0.2) is 119 Å². The summed E-state index contributed by atoms with van der Waals surface area (Å²) in [5.41, 5.74) is 0. The predicted molar refractivity (Wildman–Crippen MR) is 120 cm³/mol. The Morgan fingerprint density at radius 3 is 1.53 bits per heavy atom. The second-order valence-corrected chi connectivity index (χ2v) is 8.90. The van der Waals surface area contributed by atoms with Crippen LogP contribution in [0.4, 0.5) is 0 Å². The number of aromatic nitrogens is 4. The molecule has 0 aliphatic carbocycles. The molecule has 2 aliphatic heterocycles. The minimum Gasteiger partial charge on any atom is -0.304 e. The second-order valence-electron chi connectivity index (χ2n) is 8.90. The van der Waals surface area contributed by atoms with Gasteiger partial charge in [-0.25, -0.2) is 4.68 Å². The van der Waals surface area contributed by atoms with E-state index in [0.29, 0.717) is 0 Å². The summed E-state index contributed by atoms with van der Waals surface area (Å²) in [6.45, 7) is 11.7. The quantitative estimate of drug-likeness (QED) is 0.604. The summed E-state index contributed by atoms with van der Waals surface area (Å²) in [6, 6.07) is 4.14. The number of hydrogen-bond acceptors (Lipinski definition) is 6. The first-order chi connectivity index (χ1) is 14.7. The highest BCUT2D eigenvalue weighted by atomic mass is 15.5. The van der Waals surface area contributed by atoms with E-state index in [1.54, 1.807) is 0 Å². The summed E-state index contributed by atoms with van der Waals surface area (Å²) >= 11 is 0. The van der Waals surface area contributed by atoms with Crippen LogP contribution in [0.3, 0.4) is 0 Å². The molecule has 2 fully saturated rings. The van der Waals surface area contributed by atoms with Crippen LogP contribution in [0.5, 0.6) is 0 Å². The SMILES string of the molecule is CN1CCN(CCCc2nnc(CCCN3CCN(C)CC3)n2-n2cccc2)CC1. The van der Waals surface area contributed by atoms with Crippen molar-refractivity contribution in [1.82, 2.24) is 39.1 Å². The van der Waals surface area contributed by atoms with Crippen molar-refractivity contribution in [3.8, 4) is 0 Å². The second kappa shape index (κ2) is 10.5. The van der Waals surface area contributed by atoms with Crippen LogP contribution >= 0.6 is 0 Å². The lowest BCUT2D eigenvalue weighted by molar-refractivity contribution is 0.152. The van der Waals surface area contributed by atoms with E-state index in [1.807, 2.05) is 0 Å². The van der Waals surface area contributed by atoms with Crippen LogP contribution in [0.15, 0.2) is 24.5 Å². The molecule has 0 bridgehead atoms. The van der Waals surface area contributed by atoms with Crippen molar-refractivity contribution in [2.75, 3.05) is 79.5 Å². The van der Waals surface area contributed by atoms with Crippen molar-refractivity contribution >= 4 is 0 Å². The molecule has 0 amide bonds. The molecule has 8 heteroatoms. The fourth-order valence-electron chi connectivity index (χ4n) is 4.45. The van der Waals surface area contributed by atoms with Crippen LogP contribution < -0.4 is 0 Å². The van der Waals surface area contributed by atoms with Gasteiger partial charge >= 0.3 is 0 Å². The van der Waals surface area contributed by atoms with E-state index in [-0.39, 0.29) is 0 Å². The number of rotatable bonds is 9. The average Bonchev–Trinajstić information content (AvgIpc) is 3.41. The molecule has 2 saturated heterocycles. The Bertz CT molecular complexity index is 694. The molecular formula is C22H38N8. The number of nitrogens with zero attached hydrogens (tertiary/aromatic N) is 8. The molecular weight excluding hydrogens is 376 g/mol. The number of hydrogen-bond donors (Lipinski definition) is 0. The maximum absolute atomic E-state index is 4.59. The van der Waals surface area contributed by atoms with Gasteiger partial charge in [-0.3, -0.25) is 4.68 Å². The van der Waals surface area contributed by atoms with Gasteiger partial charge in [-0.2, -0.15) is 0 Å². The third-order valence-corrected chi connectivity index (χ3v) is 6.53. The zero-order valence-electron chi connectivity index (χ0n) is 18.8. The molecule has 4 heterocycles. The minimum absolute atomic E-state index is 0.968. The van der Waals surface area contributed by atoms with Gasteiger partial charge in [-0.05, 0) is 52.2 Å². The van der Waals surface area contributed by atoms with Gasteiger partial charge in [0.15, 0.2) is 11.6 Å². The number of piperazine rings is 2. The van der Waals surface area contributed by atoms with Crippen molar-refractivity contribution in [2.24, 2.45) is 0 Å². The molecule has 2 aromatic heterocycles. The Kier molecular flexibility index (Phi) is 7.54. The zero-order chi connectivity index (χ0) is 20.8. The Morgan fingerprint density at radius 1 is 0.667 bits per heavy atom. The molecule has 0 radical (unpaired) electrons. The summed E-state index contributed by atoms with van der Waals surface area (Å²) in [6.07, 6.45) is 8.38. The van der Waals surface area contributed by atoms with Gasteiger partial charge in [-0.1, -0.05) is 0 Å². The van der Waals surface area contributed by atoms with Gasteiger partial charge in [0.05, 0.1) is 0 Å². The maximum Gasteiger partial charge on any atom is 0.153 e. The Morgan fingerprint density at radius 2 is 1.10 bits per heavy atom. The highest BCUT2D eigenvalue weighted by Gasteiger charge is 2.17. The fourth-order valence-corrected chi connectivity index (χ4v) is 4.45. The van der Waals surface area contributed by atoms with E-state index in [4.69, 9.17) is 0 Å². The van der Waals surface area contributed by atoms with Crippen LogP contribution in [-0.2, 0) is 12.8 Å². The van der Waals surface area contributed by atoms with Crippen molar-refractivity contribution in [3.05, 3.63) is 36.2 Å². The smallest absolute Gasteiger partial charge is 0.153 e. The van der Waals surface area contributed by atoms with Gasteiger partial charge in [-0.15, -0.1) is 10.2 Å². The Hall–Kier alpha value is -1.74. The molecule has 2 aliphatic rings. The van der Waals surface area contributed by atoms with Gasteiger partial charge in [0.1, 0.15) is 0 Å². The summed E-state index contributed by atoms with van der Waals surface area (Å²) < 4.78 is 4.37. The topological polar surface area (TPSA) is 48.6 Å². The van der Waals surface area contributed by atoms with Gasteiger partial charge in [0.25, 0.3) is 0 Å². The molecule has 0 saturated carbocycles. The number of aryl methyl sites for hydroxylation is 2. The Balaban J connectivity index is 1.32. The van der Waals surface area contributed by atoms with E-state index in [1.165, 1.54) is 52.4 Å². The van der Waals surface area contributed by atoms with Crippen molar-refractivity contribution < 1.29 is 0 Å². The van der Waals surface area contributed by atoms with Crippen LogP contribution in [0.1, 0.15) is 24.5 Å². The molecule has 166 valence electrons. The molecule has 0 unspecified atom stereocenters. The molecule has 0 N–H and O–H groups in total. The first kappa shape index (κ1) is 21.5. The molecule has 4 rings (SSSR count). The maximum atomic E-state index is 4.59. The highest BCUT2D eigenvalue weighted by molar-refractivity contribution is 5.02. The van der Waals surface area contributed by atoms with Crippen LogP contribution in [0.2, 0.25) is 0 Å². The average molecular weight is 415 g/mol. The van der Waals surface area contributed by atoms with Crippen molar-refractivity contribution in [1.29, 1.82) is 0 Å². The minimum atomic E-state index is 0.968. The van der Waals surface area contributed by atoms with Gasteiger partial charge < -0.3 is 19.6 Å². The normalized spacial score (nSPS) is 20.2. The third-order valence-electron chi connectivity index (χ3n) is 6.53.